The highest BCUT2D eigenvalue weighted by atomic mass is 32.2. The van der Waals surface area contributed by atoms with Crippen LogP contribution in [-0.2, 0) is 16.4 Å². The van der Waals surface area contributed by atoms with Gasteiger partial charge < -0.3 is 10.1 Å². The maximum atomic E-state index is 12.4. The minimum absolute atomic E-state index is 0.149. The third-order valence-corrected chi connectivity index (χ3v) is 5.23. The summed E-state index contributed by atoms with van der Waals surface area (Å²) in [5.41, 5.74) is 3.37. The zero-order chi connectivity index (χ0) is 18.6. The minimum Gasteiger partial charge on any atom is -0.487 e. The Morgan fingerprint density at radius 3 is 2.73 bits per heavy atom. The Morgan fingerprint density at radius 1 is 1.19 bits per heavy atom. The number of aromatic nitrogens is 1. The molecule has 0 radical (unpaired) electrons. The van der Waals surface area contributed by atoms with E-state index in [0.717, 1.165) is 11.9 Å². The number of hydrogen-bond donors (Lipinski definition) is 1. The van der Waals surface area contributed by atoms with Crippen molar-refractivity contribution in [1.82, 2.24) is 4.98 Å². The van der Waals surface area contributed by atoms with Crippen molar-refractivity contribution >= 4 is 32.8 Å². The van der Waals surface area contributed by atoms with E-state index in [9.17, 15) is 13.2 Å². The van der Waals surface area contributed by atoms with Crippen molar-refractivity contribution in [3.8, 4) is 5.75 Å². The van der Waals surface area contributed by atoms with E-state index in [-0.39, 0.29) is 10.8 Å². The summed E-state index contributed by atoms with van der Waals surface area (Å²) in [7, 11) is -3.34. The summed E-state index contributed by atoms with van der Waals surface area (Å²) in [6.45, 7) is 0.324. The second-order valence-electron chi connectivity index (χ2n) is 5.55. The van der Waals surface area contributed by atoms with Crippen LogP contribution in [0.1, 0.15) is 16.1 Å². The molecule has 6 nitrogen and oxygen atoms in total. The molecular weight excluding hydrogens is 372 g/mol. The first-order valence-electron chi connectivity index (χ1n) is 7.63. The minimum atomic E-state index is -3.34. The molecule has 0 unspecified atom stereocenters. The van der Waals surface area contributed by atoms with Gasteiger partial charge in [0.05, 0.1) is 16.1 Å². The monoisotopic (exact) mass is 388 g/mol. The van der Waals surface area contributed by atoms with Crippen molar-refractivity contribution in [3.63, 3.8) is 0 Å². The van der Waals surface area contributed by atoms with E-state index in [0.29, 0.717) is 23.6 Å². The van der Waals surface area contributed by atoms with Gasteiger partial charge in [0.15, 0.2) is 9.84 Å². The molecule has 134 valence electrons. The Kier molecular flexibility index (Phi) is 5.34. The average molecular weight is 388 g/mol. The predicted molar refractivity (Wildman–Crippen MR) is 100 cm³/mol. The highest BCUT2D eigenvalue weighted by Crippen LogP contribution is 2.19. The maximum absolute atomic E-state index is 12.4. The third-order valence-electron chi connectivity index (χ3n) is 3.49. The number of sulfone groups is 1. The van der Waals surface area contributed by atoms with Gasteiger partial charge in [0.2, 0.25) is 0 Å². The summed E-state index contributed by atoms with van der Waals surface area (Å²) in [6.07, 6.45) is 1.12. The Hall–Kier alpha value is -2.71. The van der Waals surface area contributed by atoms with Gasteiger partial charge >= 0.3 is 0 Å². The van der Waals surface area contributed by atoms with Crippen LogP contribution in [0, 0.1) is 0 Å². The first-order chi connectivity index (χ1) is 12.4. The SMILES string of the molecule is CS(=O)(=O)c1cccc(NC(=O)c2cccc(OCc3cscn3)c2)c1. The van der Waals surface area contributed by atoms with Crippen molar-refractivity contribution in [2.75, 3.05) is 11.6 Å². The van der Waals surface area contributed by atoms with E-state index in [1.54, 1.807) is 41.9 Å². The Labute approximate surface area is 155 Å². The standard InChI is InChI=1S/C18H16N2O4S2/c1-26(22,23)17-7-3-5-14(9-17)20-18(21)13-4-2-6-16(8-13)24-10-15-11-25-12-19-15/h2-9,11-12H,10H2,1H3,(H,20,21). The summed E-state index contributed by atoms with van der Waals surface area (Å²) in [4.78, 5) is 16.7. The molecule has 0 spiro atoms. The Balaban J connectivity index is 1.71. The first kappa shape index (κ1) is 18.1. The van der Waals surface area contributed by atoms with Gasteiger partial charge in [0, 0.05) is 22.9 Å². The third kappa shape index (κ3) is 4.68. The number of ether oxygens (including phenoxy) is 1. The second kappa shape index (κ2) is 7.67. The molecule has 0 bridgehead atoms. The normalized spacial score (nSPS) is 11.1. The number of nitrogens with zero attached hydrogens (tertiary/aromatic N) is 1. The van der Waals surface area contributed by atoms with Crippen molar-refractivity contribution in [1.29, 1.82) is 0 Å². The van der Waals surface area contributed by atoms with Gasteiger partial charge in [-0.2, -0.15) is 0 Å². The van der Waals surface area contributed by atoms with Crippen LogP contribution >= 0.6 is 11.3 Å². The van der Waals surface area contributed by atoms with Crippen molar-refractivity contribution in [2.45, 2.75) is 11.5 Å². The number of thiazole rings is 1. The number of benzene rings is 2. The first-order valence-corrected chi connectivity index (χ1v) is 10.5. The lowest BCUT2D eigenvalue weighted by Crippen LogP contribution is -2.12. The van der Waals surface area contributed by atoms with Gasteiger partial charge in [0.1, 0.15) is 12.4 Å². The molecule has 3 rings (SSSR count). The molecule has 0 aliphatic heterocycles. The number of anilines is 1. The average Bonchev–Trinajstić information content (AvgIpc) is 3.13. The number of rotatable bonds is 6. The van der Waals surface area contributed by atoms with Gasteiger partial charge in [-0.3, -0.25) is 4.79 Å². The largest absolute Gasteiger partial charge is 0.487 e. The van der Waals surface area contributed by atoms with Gasteiger partial charge in [-0.1, -0.05) is 12.1 Å². The lowest BCUT2D eigenvalue weighted by Gasteiger charge is -2.09. The van der Waals surface area contributed by atoms with Crippen molar-refractivity contribution in [2.24, 2.45) is 0 Å². The summed E-state index contributed by atoms with van der Waals surface area (Å²) in [5, 5.41) is 4.59. The van der Waals surface area contributed by atoms with E-state index in [4.69, 9.17) is 4.74 Å². The molecule has 0 fully saturated rings. The molecule has 0 atom stereocenters. The number of amides is 1. The Bertz CT molecular complexity index is 1020. The predicted octanol–water partition coefficient (Wildman–Crippen LogP) is 3.38. The molecule has 1 heterocycles. The molecule has 2 aromatic carbocycles. The molecule has 0 saturated carbocycles. The molecule has 1 aromatic heterocycles. The van der Waals surface area contributed by atoms with Gasteiger partial charge in [-0.05, 0) is 36.4 Å². The zero-order valence-corrected chi connectivity index (χ0v) is 15.5. The van der Waals surface area contributed by atoms with Crippen LogP contribution in [0.2, 0.25) is 0 Å². The van der Waals surface area contributed by atoms with E-state index in [1.165, 1.54) is 23.5 Å². The van der Waals surface area contributed by atoms with Crippen LogP contribution < -0.4 is 10.1 Å². The molecule has 0 saturated heterocycles. The summed E-state index contributed by atoms with van der Waals surface area (Å²) in [6, 6.07) is 12.9. The van der Waals surface area contributed by atoms with Crippen LogP contribution in [0.25, 0.3) is 0 Å². The molecule has 26 heavy (non-hydrogen) atoms. The molecular formula is C18H16N2O4S2. The molecule has 1 N–H and O–H groups in total. The fourth-order valence-electron chi connectivity index (χ4n) is 2.20. The number of hydrogen-bond acceptors (Lipinski definition) is 6. The van der Waals surface area contributed by atoms with Crippen LogP contribution in [0.5, 0.6) is 5.75 Å². The lowest BCUT2D eigenvalue weighted by atomic mass is 10.2. The summed E-state index contributed by atoms with van der Waals surface area (Å²) >= 11 is 1.49. The van der Waals surface area contributed by atoms with E-state index in [2.05, 4.69) is 10.3 Å². The van der Waals surface area contributed by atoms with Gasteiger partial charge in [-0.15, -0.1) is 11.3 Å². The van der Waals surface area contributed by atoms with E-state index in [1.807, 2.05) is 5.38 Å². The zero-order valence-electron chi connectivity index (χ0n) is 13.9. The molecule has 0 aliphatic carbocycles. The Morgan fingerprint density at radius 2 is 2.00 bits per heavy atom. The smallest absolute Gasteiger partial charge is 0.255 e. The fourth-order valence-corrected chi connectivity index (χ4v) is 3.41. The topological polar surface area (TPSA) is 85.4 Å². The maximum Gasteiger partial charge on any atom is 0.255 e. The van der Waals surface area contributed by atoms with Crippen molar-refractivity contribution in [3.05, 3.63) is 70.7 Å². The van der Waals surface area contributed by atoms with Gasteiger partial charge in [-0.25, -0.2) is 13.4 Å². The molecule has 0 aliphatic rings. The van der Waals surface area contributed by atoms with Crippen molar-refractivity contribution < 1.29 is 17.9 Å². The van der Waals surface area contributed by atoms with Crippen LogP contribution in [-0.4, -0.2) is 25.6 Å². The van der Waals surface area contributed by atoms with Crippen LogP contribution in [0.3, 0.4) is 0 Å². The van der Waals surface area contributed by atoms with Gasteiger partial charge in [0.25, 0.3) is 5.91 Å². The van der Waals surface area contributed by atoms with Crippen LogP contribution in [0.4, 0.5) is 5.69 Å². The summed E-state index contributed by atoms with van der Waals surface area (Å²) in [5.74, 6) is 0.199. The number of nitrogens with one attached hydrogen (secondary N) is 1. The number of carbonyl (C=O) groups excluding carboxylic acids is 1. The molecule has 1 amide bonds. The highest BCUT2D eigenvalue weighted by molar-refractivity contribution is 7.90. The fraction of sp³-hybridized carbons (Fsp3) is 0.111. The highest BCUT2D eigenvalue weighted by Gasteiger charge is 2.11. The quantitative estimate of drug-likeness (QED) is 0.700. The summed E-state index contributed by atoms with van der Waals surface area (Å²) < 4.78 is 28.9. The number of carbonyl (C=O) groups is 1. The van der Waals surface area contributed by atoms with E-state index >= 15 is 0 Å². The second-order valence-corrected chi connectivity index (χ2v) is 8.28. The van der Waals surface area contributed by atoms with Crippen LogP contribution in [0.15, 0.2) is 64.3 Å². The lowest BCUT2D eigenvalue weighted by molar-refractivity contribution is 0.102. The molecule has 3 aromatic rings. The molecule has 8 heteroatoms. The van der Waals surface area contributed by atoms with E-state index < -0.39 is 9.84 Å².